The number of carbonyl (C=O) groups is 2. The second kappa shape index (κ2) is 13.1. The number of aromatic nitrogens is 2. The number of ether oxygens (including phenoxy) is 1. The standard InChI is InChI=1S/C34H43N5O4/c1-5-39-30-23-27(11-12-29(30)36(4)32(41)34(2,3)33(39)42)43-22-8-18-37(24-25-13-16-35-17-14-25)20-21-38-19-15-26-9-6-7-10-28(26)31(38)40/h11-17,19,23H,5-10,18,20-22,24H2,1-4H3. The molecule has 0 fully saturated rings. The number of nitrogens with zero attached hydrogens (tertiary/aromatic N) is 5. The number of pyridine rings is 2. The second-order valence-electron chi connectivity index (χ2n) is 12.0. The third-order valence-electron chi connectivity index (χ3n) is 8.72. The molecule has 1 aliphatic heterocycles. The highest BCUT2D eigenvalue weighted by Gasteiger charge is 2.45. The van der Waals surface area contributed by atoms with Gasteiger partial charge in [0.1, 0.15) is 11.2 Å². The molecule has 0 unspecified atom stereocenters. The molecule has 2 amide bonds. The van der Waals surface area contributed by atoms with Gasteiger partial charge in [-0.2, -0.15) is 0 Å². The van der Waals surface area contributed by atoms with Crippen LogP contribution in [0.25, 0.3) is 0 Å². The number of rotatable bonds is 11. The quantitative estimate of drug-likeness (QED) is 0.244. The van der Waals surface area contributed by atoms with Crippen molar-refractivity contribution in [2.45, 2.75) is 66.0 Å². The predicted octanol–water partition coefficient (Wildman–Crippen LogP) is 4.45. The highest BCUT2D eigenvalue weighted by molar-refractivity contribution is 6.20. The molecule has 228 valence electrons. The summed E-state index contributed by atoms with van der Waals surface area (Å²) in [6.07, 6.45) is 10.5. The summed E-state index contributed by atoms with van der Waals surface area (Å²) < 4.78 is 8.03. The second-order valence-corrected chi connectivity index (χ2v) is 12.0. The number of benzene rings is 1. The lowest BCUT2D eigenvalue weighted by Crippen LogP contribution is -2.47. The van der Waals surface area contributed by atoms with Crippen LogP contribution in [0.2, 0.25) is 0 Å². The SMILES string of the molecule is CCN1C(=O)C(C)(C)C(=O)N(C)c2ccc(OCCCN(CCn3ccc4c(c3=O)CCCC4)Cc3ccncc3)cc21. The van der Waals surface area contributed by atoms with Crippen molar-refractivity contribution in [2.75, 3.05) is 43.1 Å². The Morgan fingerprint density at radius 1 is 0.953 bits per heavy atom. The van der Waals surface area contributed by atoms with Gasteiger partial charge in [-0.1, -0.05) is 0 Å². The van der Waals surface area contributed by atoms with E-state index < -0.39 is 5.41 Å². The molecule has 0 saturated carbocycles. The monoisotopic (exact) mass is 585 g/mol. The van der Waals surface area contributed by atoms with E-state index in [-0.39, 0.29) is 17.4 Å². The zero-order chi connectivity index (χ0) is 30.6. The van der Waals surface area contributed by atoms with E-state index in [4.69, 9.17) is 4.74 Å². The minimum absolute atomic E-state index is 0.156. The maximum Gasteiger partial charge on any atom is 0.254 e. The van der Waals surface area contributed by atoms with Gasteiger partial charge >= 0.3 is 0 Å². The maximum absolute atomic E-state index is 13.3. The molecule has 9 nitrogen and oxygen atoms in total. The Morgan fingerprint density at radius 2 is 1.72 bits per heavy atom. The smallest absolute Gasteiger partial charge is 0.254 e. The first kappa shape index (κ1) is 30.5. The summed E-state index contributed by atoms with van der Waals surface area (Å²) in [5, 5.41) is 0. The van der Waals surface area contributed by atoms with Gasteiger partial charge in [0.2, 0.25) is 11.8 Å². The van der Waals surface area contributed by atoms with E-state index in [1.54, 1.807) is 43.1 Å². The average Bonchev–Trinajstić information content (AvgIpc) is 3.07. The lowest BCUT2D eigenvalue weighted by Gasteiger charge is -2.27. The normalized spacial score (nSPS) is 16.2. The molecule has 5 rings (SSSR count). The molecule has 0 saturated heterocycles. The molecule has 0 bridgehead atoms. The first-order chi connectivity index (χ1) is 20.7. The third-order valence-corrected chi connectivity index (χ3v) is 8.72. The summed E-state index contributed by atoms with van der Waals surface area (Å²) in [5.41, 5.74) is 3.76. The molecule has 9 heteroatoms. The molecule has 2 aromatic heterocycles. The van der Waals surface area contributed by atoms with Crippen LogP contribution in [-0.2, 0) is 35.5 Å². The number of amides is 2. The summed E-state index contributed by atoms with van der Waals surface area (Å²) >= 11 is 0. The summed E-state index contributed by atoms with van der Waals surface area (Å²) in [6.45, 7) is 9.14. The summed E-state index contributed by atoms with van der Waals surface area (Å²) in [4.78, 5) is 49.2. The van der Waals surface area contributed by atoms with E-state index in [9.17, 15) is 14.4 Å². The van der Waals surface area contributed by atoms with E-state index in [1.165, 1.54) is 11.1 Å². The van der Waals surface area contributed by atoms with Gasteiger partial charge in [0.25, 0.3) is 5.56 Å². The van der Waals surface area contributed by atoms with Crippen molar-refractivity contribution >= 4 is 23.2 Å². The van der Waals surface area contributed by atoms with E-state index in [1.807, 2.05) is 48.0 Å². The molecule has 3 aromatic rings. The van der Waals surface area contributed by atoms with Crippen molar-refractivity contribution in [2.24, 2.45) is 5.41 Å². The Hall–Kier alpha value is -3.98. The van der Waals surface area contributed by atoms with Gasteiger partial charge < -0.3 is 19.1 Å². The first-order valence-electron chi connectivity index (χ1n) is 15.4. The Morgan fingerprint density at radius 3 is 2.49 bits per heavy atom. The zero-order valence-corrected chi connectivity index (χ0v) is 25.8. The first-order valence-corrected chi connectivity index (χ1v) is 15.4. The third kappa shape index (κ3) is 6.51. The summed E-state index contributed by atoms with van der Waals surface area (Å²) in [5.74, 6) is 0.217. The van der Waals surface area contributed by atoms with Crippen LogP contribution in [0.5, 0.6) is 5.75 Å². The largest absolute Gasteiger partial charge is 0.493 e. The fourth-order valence-electron chi connectivity index (χ4n) is 6.17. The van der Waals surface area contributed by atoms with Crippen LogP contribution in [0.1, 0.15) is 56.7 Å². The highest BCUT2D eigenvalue weighted by Crippen LogP contribution is 2.40. The number of anilines is 2. The van der Waals surface area contributed by atoms with E-state index in [0.29, 0.717) is 36.8 Å². The number of hydrogen-bond acceptors (Lipinski definition) is 6. The molecule has 2 aliphatic rings. The van der Waals surface area contributed by atoms with Gasteiger partial charge in [-0.25, -0.2) is 0 Å². The molecular weight excluding hydrogens is 542 g/mol. The summed E-state index contributed by atoms with van der Waals surface area (Å²) in [6, 6.07) is 11.7. The molecule has 43 heavy (non-hydrogen) atoms. The van der Waals surface area contributed by atoms with E-state index in [2.05, 4.69) is 16.0 Å². The molecule has 3 heterocycles. The van der Waals surface area contributed by atoms with Crippen LogP contribution in [0.15, 0.2) is 59.8 Å². The van der Waals surface area contributed by atoms with Crippen molar-refractivity contribution in [1.29, 1.82) is 0 Å². The van der Waals surface area contributed by atoms with Crippen LogP contribution < -0.4 is 20.1 Å². The molecule has 0 atom stereocenters. The van der Waals surface area contributed by atoms with Crippen LogP contribution in [0.4, 0.5) is 11.4 Å². The number of carbonyl (C=O) groups excluding carboxylic acids is 2. The van der Waals surface area contributed by atoms with Gasteiger partial charge in [-0.15, -0.1) is 0 Å². The lowest BCUT2D eigenvalue weighted by atomic mass is 9.90. The molecule has 0 radical (unpaired) electrons. The van der Waals surface area contributed by atoms with E-state index in [0.717, 1.165) is 57.3 Å². The van der Waals surface area contributed by atoms with Crippen molar-refractivity contribution < 1.29 is 14.3 Å². The zero-order valence-electron chi connectivity index (χ0n) is 25.8. The minimum atomic E-state index is -1.15. The lowest BCUT2D eigenvalue weighted by molar-refractivity contribution is -0.137. The molecule has 1 aliphatic carbocycles. The maximum atomic E-state index is 13.3. The predicted molar refractivity (Wildman–Crippen MR) is 169 cm³/mol. The topological polar surface area (TPSA) is 88.0 Å². The molecule has 0 spiro atoms. The van der Waals surface area contributed by atoms with Crippen molar-refractivity contribution in [3.8, 4) is 5.75 Å². The van der Waals surface area contributed by atoms with Gasteiger partial charge in [0.15, 0.2) is 0 Å². The van der Waals surface area contributed by atoms with Gasteiger partial charge in [-0.3, -0.25) is 24.3 Å². The van der Waals surface area contributed by atoms with Crippen LogP contribution in [0.3, 0.4) is 0 Å². The van der Waals surface area contributed by atoms with Crippen LogP contribution >= 0.6 is 0 Å². The van der Waals surface area contributed by atoms with Crippen molar-refractivity contribution in [3.05, 3.63) is 82.0 Å². The Labute approximate surface area is 254 Å². The Balaban J connectivity index is 1.24. The van der Waals surface area contributed by atoms with Crippen LogP contribution in [-0.4, -0.2) is 59.6 Å². The fourth-order valence-corrected chi connectivity index (χ4v) is 6.17. The number of hydrogen-bond donors (Lipinski definition) is 0. The Kier molecular flexibility index (Phi) is 9.30. The Bertz CT molecular complexity index is 1520. The highest BCUT2D eigenvalue weighted by atomic mass is 16.5. The van der Waals surface area contributed by atoms with Crippen molar-refractivity contribution in [1.82, 2.24) is 14.5 Å². The fraction of sp³-hybridized carbons (Fsp3) is 0.471. The molecule has 0 N–H and O–H groups in total. The minimum Gasteiger partial charge on any atom is -0.493 e. The average molecular weight is 586 g/mol. The number of aryl methyl sites for hydroxylation is 1. The van der Waals surface area contributed by atoms with E-state index >= 15 is 0 Å². The van der Waals surface area contributed by atoms with Gasteiger partial charge in [0, 0.05) is 70.0 Å². The van der Waals surface area contributed by atoms with Crippen LogP contribution in [0, 0.1) is 5.41 Å². The van der Waals surface area contributed by atoms with Gasteiger partial charge in [-0.05, 0) is 94.3 Å². The molecule has 1 aromatic carbocycles. The molecular formula is C34H43N5O4. The van der Waals surface area contributed by atoms with Gasteiger partial charge in [0.05, 0.1) is 18.0 Å². The van der Waals surface area contributed by atoms with Crippen molar-refractivity contribution in [3.63, 3.8) is 0 Å². The summed E-state index contributed by atoms with van der Waals surface area (Å²) in [7, 11) is 1.71. The number of fused-ring (bicyclic) bond motifs is 2.